The lowest BCUT2D eigenvalue weighted by molar-refractivity contribution is 0.416. The minimum absolute atomic E-state index is 0.251. The summed E-state index contributed by atoms with van der Waals surface area (Å²) in [6.07, 6.45) is 1.34. The maximum Gasteiger partial charge on any atom is 0.0125 e. The average Bonchev–Trinajstić information content (AvgIpc) is 2.50. The molecular formula is C11H24N2. The first kappa shape index (κ1) is 11.0. The van der Waals surface area contributed by atoms with E-state index in [4.69, 9.17) is 0 Å². The third kappa shape index (κ3) is 4.10. The molecule has 1 aliphatic carbocycles. The van der Waals surface area contributed by atoms with Gasteiger partial charge < -0.3 is 10.6 Å². The standard InChI is InChI=1S/C11H24N2/c1-10(2,3)13-7-6-12-9-8-11(9,4)5/h9,12-13H,6-8H2,1-5H3. The predicted molar refractivity (Wildman–Crippen MR) is 57.9 cm³/mol. The summed E-state index contributed by atoms with van der Waals surface area (Å²) in [6.45, 7) is 13.4. The quantitative estimate of drug-likeness (QED) is 0.651. The highest BCUT2D eigenvalue weighted by atomic mass is 15.0. The van der Waals surface area contributed by atoms with Crippen molar-refractivity contribution in [1.82, 2.24) is 10.6 Å². The molecule has 78 valence electrons. The van der Waals surface area contributed by atoms with E-state index >= 15 is 0 Å². The lowest BCUT2D eigenvalue weighted by atomic mass is 10.1. The number of hydrogen-bond acceptors (Lipinski definition) is 2. The second-order valence-electron chi connectivity index (χ2n) is 5.88. The molecule has 0 bridgehead atoms. The largest absolute Gasteiger partial charge is 0.312 e. The molecule has 0 aromatic carbocycles. The zero-order valence-corrected chi connectivity index (χ0v) is 9.70. The van der Waals surface area contributed by atoms with Crippen molar-refractivity contribution >= 4 is 0 Å². The maximum absolute atomic E-state index is 3.56. The summed E-state index contributed by atoms with van der Waals surface area (Å²) in [7, 11) is 0. The lowest BCUT2D eigenvalue weighted by Crippen LogP contribution is -2.40. The van der Waals surface area contributed by atoms with Gasteiger partial charge in [-0.2, -0.15) is 0 Å². The van der Waals surface area contributed by atoms with Crippen LogP contribution in [-0.4, -0.2) is 24.7 Å². The van der Waals surface area contributed by atoms with Crippen LogP contribution >= 0.6 is 0 Å². The van der Waals surface area contributed by atoms with E-state index in [0.29, 0.717) is 5.41 Å². The van der Waals surface area contributed by atoms with Gasteiger partial charge in [-0.25, -0.2) is 0 Å². The molecule has 0 amide bonds. The molecule has 1 unspecified atom stereocenters. The van der Waals surface area contributed by atoms with Gasteiger partial charge in [0, 0.05) is 24.7 Å². The summed E-state index contributed by atoms with van der Waals surface area (Å²) in [5.41, 5.74) is 0.808. The molecule has 0 heterocycles. The predicted octanol–water partition coefficient (Wildman–Crippen LogP) is 1.76. The fourth-order valence-corrected chi connectivity index (χ4v) is 1.50. The van der Waals surface area contributed by atoms with E-state index in [-0.39, 0.29) is 5.54 Å². The first-order chi connectivity index (χ1) is 5.81. The van der Waals surface area contributed by atoms with Gasteiger partial charge in [0.15, 0.2) is 0 Å². The molecular weight excluding hydrogens is 160 g/mol. The van der Waals surface area contributed by atoms with Gasteiger partial charge in [0.2, 0.25) is 0 Å². The Morgan fingerprint density at radius 2 is 1.77 bits per heavy atom. The first-order valence-corrected chi connectivity index (χ1v) is 5.30. The molecule has 0 aliphatic heterocycles. The molecule has 0 spiro atoms. The van der Waals surface area contributed by atoms with E-state index in [9.17, 15) is 0 Å². The highest BCUT2D eigenvalue weighted by molar-refractivity contribution is 5.01. The summed E-state index contributed by atoms with van der Waals surface area (Å²) in [5.74, 6) is 0. The van der Waals surface area contributed by atoms with Crippen LogP contribution in [0.3, 0.4) is 0 Å². The molecule has 0 aromatic heterocycles. The van der Waals surface area contributed by atoms with Gasteiger partial charge in [0.25, 0.3) is 0 Å². The highest BCUT2D eigenvalue weighted by Gasteiger charge is 2.44. The van der Waals surface area contributed by atoms with Gasteiger partial charge in [-0.15, -0.1) is 0 Å². The van der Waals surface area contributed by atoms with Crippen LogP contribution in [0.25, 0.3) is 0 Å². The molecule has 1 aliphatic rings. The molecule has 1 saturated carbocycles. The summed E-state index contributed by atoms with van der Waals surface area (Å²) in [4.78, 5) is 0. The Bertz CT molecular complexity index is 167. The lowest BCUT2D eigenvalue weighted by Gasteiger charge is -2.20. The molecule has 2 N–H and O–H groups in total. The normalized spacial score (nSPS) is 26.1. The summed E-state index contributed by atoms with van der Waals surface area (Å²) in [5, 5.41) is 7.03. The van der Waals surface area contributed by atoms with Crippen LogP contribution in [0.2, 0.25) is 0 Å². The Hall–Kier alpha value is -0.0800. The molecule has 2 heteroatoms. The fourth-order valence-electron chi connectivity index (χ4n) is 1.50. The van der Waals surface area contributed by atoms with Crippen LogP contribution in [0.1, 0.15) is 41.0 Å². The molecule has 0 saturated heterocycles. The van der Waals surface area contributed by atoms with Crippen molar-refractivity contribution in [3.05, 3.63) is 0 Å². The Morgan fingerprint density at radius 1 is 1.23 bits per heavy atom. The van der Waals surface area contributed by atoms with Gasteiger partial charge >= 0.3 is 0 Å². The molecule has 0 aromatic rings. The van der Waals surface area contributed by atoms with Crippen molar-refractivity contribution in [2.45, 2.75) is 52.6 Å². The monoisotopic (exact) mass is 184 g/mol. The summed E-state index contributed by atoms with van der Waals surface area (Å²) < 4.78 is 0. The minimum Gasteiger partial charge on any atom is -0.312 e. The second-order valence-corrected chi connectivity index (χ2v) is 5.88. The van der Waals surface area contributed by atoms with Gasteiger partial charge in [0.05, 0.1) is 0 Å². The summed E-state index contributed by atoms with van der Waals surface area (Å²) in [6, 6.07) is 0.759. The zero-order valence-electron chi connectivity index (χ0n) is 9.70. The van der Waals surface area contributed by atoms with E-state index in [0.717, 1.165) is 19.1 Å². The van der Waals surface area contributed by atoms with Gasteiger partial charge in [0.1, 0.15) is 0 Å². The summed E-state index contributed by atoms with van der Waals surface area (Å²) >= 11 is 0. The minimum atomic E-state index is 0.251. The van der Waals surface area contributed by atoms with E-state index in [2.05, 4.69) is 45.3 Å². The molecule has 2 nitrogen and oxygen atoms in total. The van der Waals surface area contributed by atoms with Gasteiger partial charge in [-0.05, 0) is 32.6 Å². The highest BCUT2D eigenvalue weighted by Crippen LogP contribution is 2.44. The molecule has 0 radical (unpaired) electrons. The Balaban J connectivity index is 1.97. The van der Waals surface area contributed by atoms with Gasteiger partial charge in [-0.3, -0.25) is 0 Å². The van der Waals surface area contributed by atoms with Crippen molar-refractivity contribution in [2.75, 3.05) is 13.1 Å². The maximum atomic E-state index is 3.56. The molecule has 1 rings (SSSR count). The Morgan fingerprint density at radius 3 is 2.15 bits per heavy atom. The van der Waals surface area contributed by atoms with Crippen molar-refractivity contribution in [3.8, 4) is 0 Å². The van der Waals surface area contributed by atoms with E-state index < -0.39 is 0 Å². The molecule has 1 atom stereocenters. The molecule has 1 fully saturated rings. The third-order valence-corrected chi connectivity index (χ3v) is 2.68. The Kier molecular flexibility index (Phi) is 3.03. The van der Waals surface area contributed by atoms with Crippen LogP contribution in [0.15, 0.2) is 0 Å². The third-order valence-electron chi connectivity index (χ3n) is 2.68. The first-order valence-electron chi connectivity index (χ1n) is 5.30. The van der Waals surface area contributed by atoms with Gasteiger partial charge in [-0.1, -0.05) is 13.8 Å². The van der Waals surface area contributed by atoms with Crippen molar-refractivity contribution in [2.24, 2.45) is 5.41 Å². The average molecular weight is 184 g/mol. The van der Waals surface area contributed by atoms with Crippen LogP contribution in [0.4, 0.5) is 0 Å². The SMILES string of the molecule is CC(C)(C)NCCNC1CC1(C)C. The van der Waals surface area contributed by atoms with Crippen molar-refractivity contribution in [1.29, 1.82) is 0 Å². The fraction of sp³-hybridized carbons (Fsp3) is 1.00. The van der Waals surface area contributed by atoms with Crippen LogP contribution in [0, 0.1) is 5.41 Å². The van der Waals surface area contributed by atoms with Crippen LogP contribution in [0.5, 0.6) is 0 Å². The number of hydrogen-bond donors (Lipinski definition) is 2. The second kappa shape index (κ2) is 3.58. The van der Waals surface area contributed by atoms with Crippen molar-refractivity contribution < 1.29 is 0 Å². The van der Waals surface area contributed by atoms with Crippen molar-refractivity contribution in [3.63, 3.8) is 0 Å². The van der Waals surface area contributed by atoms with Crippen LogP contribution < -0.4 is 10.6 Å². The van der Waals surface area contributed by atoms with E-state index in [1.54, 1.807) is 0 Å². The van der Waals surface area contributed by atoms with Crippen LogP contribution in [-0.2, 0) is 0 Å². The number of nitrogens with one attached hydrogen (secondary N) is 2. The van der Waals surface area contributed by atoms with E-state index in [1.807, 2.05) is 0 Å². The molecule has 13 heavy (non-hydrogen) atoms. The topological polar surface area (TPSA) is 24.1 Å². The zero-order chi connectivity index (χ0) is 10.1. The number of rotatable bonds is 4. The Labute approximate surface area is 82.5 Å². The smallest absolute Gasteiger partial charge is 0.0125 e. The van der Waals surface area contributed by atoms with E-state index in [1.165, 1.54) is 6.42 Å².